The maximum absolute atomic E-state index is 12.7. The topological polar surface area (TPSA) is 59.8 Å². The van der Waals surface area contributed by atoms with Crippen LogP contribution in [0.25, 0.3) is 17.1 Å². The number of aromatic nitrogens is 3. The Morgan fingerprint density at radius 3 is 2.38 bits per heavy atom. The van der Waals surface area contributed by atoms with Crippen LogP contribution in [-0.2, 0) is 4.79 Å². The molecule has 0 bridgehead atoms. The summed E-state index contributed by atoms with van der Waals surface area (Å²) in [5, 5.41) is 12.4. The van der Waals surface area contributed by atoms with Gasteiger partial charge in [-0.25, -0.2) is 0 Å². The number of nitrogens with one attached hydrogen (secondary N) is 1. The van der Waals surface area contributed by atoms with E-state index in [2.05, 4.69) is 53.6 Å². The lowest BCUT2D eigenvalue weighted by molar-refractivity contribution is -0.121. The van der Waals surface area contributed by atoms with Gasteiger partial charge in [0.2, 0.25) is 5.91 Å². The third-order valence-corrected chi connectivity index (χ3v) is 6.00. The molecule has 0 radical (unpaired) electrons. The van der Waals surface area contributed by atoms with Gasteiger partial charge in [-0.15, -0.1) is 10.2 Å². The second-order valence-corrected chi connectivity index (χ2v) is 9.14. The minimum atomic E-state index is -0.294. The molecule has 0 saturated carbocycles. The summed E-state index contributed by atoms with van der Waals surface area (Å²) in [5.41, 5.74) is 2.91. The number of hydrogen-bond acceptors (Lipinski definition) is 4. The first kappa shape index (κ1) is 21.1. The average Bonchev–Trinajstić information content (AvgIpc) is 3.12. The van der Waals surface area contributed by atoms with E-state index in [4.69, 9.17) is 0 Å². The smallest absolute Gasteiger partial charge is 0.233 e. The number of carbonyl (C=O) groups excluding carboxylic acids is 1. The van der Waals surface area contributed by atoms with Crippen LogP contribution in [0.1, 0.15) is 39.7 Å². The van der Waals surface area contributed by atoms with Crippen molar-refractivity contribution in [1.29, 1.82) is 0 Å². The number of hydrogen-bond donors (Lipinski definition) is 1. The highest BCUT2D eigenvalue weighted by Crippen LogP contribution is 2.30. The molecule has 1 amide bonds. The Kier molecular flexibility index (Phi) is 6.42. The van der Waals surface area contributed by atoms with Crippen molar-refractivity contribution in [3.8, 4) is 17.1 Å². The summed E-state index contributed by atoms with van der Waals surface area (Å²) in [6.45, 7) is 10.1. The molecule has 0 saturated heterocycles. The molecule has 0 spiro atoms. The minimum Gasteiger partial charge on any atom is -0.350 e. The number of thioether (sulfide) groups is 1. The van der Waals surface area contributed by atoms with E-state index in [1.54, 1.807) is 0 Å². The van der Waals surface area contributed by atoms with E-state index in [-0.39, 0.29) is 16.7 Å². The Hall–Kier alpha value is -2.60. The predicted molar refractivity (Wildman–Crippen MR) is 119 cm³/mol. The molecule has 3 rings (SSSR count). The maximum atomic E-state index is 12.7. The third kappa shape index (κ3) is 5.07. The highest BCUT2D eigenvalue weighted by Gasteiger charge is 2.25. The van der Waals surface area contributed by atoms with Crippen LogP contribution in [0.5, 0.6) is 0 Å². The fraction of sp³-hybridized carbons (Fsp3) is 0.348. The van der Waals surface area contributed by atoms with Crippen molar-refractivity contribution < 1.29 is 4.79 Å². The summed E-state index contributed by atoms with van der Waals surface area (Å²) in [7, 11) is 0. The van der Waals surface area contributed by atoms with Crippen LogP contribution in [0.4, 0.5) is 0 Å². The van der Waals surface area contributed by atoms with Crippen molar-refractivity contribution in [1.82, 2.24) is 20.1 Å². The van der Waals surface area contributed by atoms with Crippen LogP contribution >= 0.6 is 11.8 Å². The lowest BCUT2D eigenvalue weighted by atomic mass is 10.0. The second-order valence-electron chi connectivity index (χ2n) is 7.83. The molecule has 1 unspecified atom stereocenters. The molecule has 29 heavy (non-hydrogen) atoms. The van der Waals surface area contributed by atoms with Crippen molar-refractivity contribution in [2.75, 3.05) is 0 Å². The molecule has 1 N–H and O–H groups in total. The highest BCUT2D eigenvalue weighted by molar-refractivity contribution is 8.00. The summed E-state index contributed by atoms with van der Waals surface area (Å²) in [4.78, 5) is 12.7. The largest absolute Gasteiger partial charge is 0.350 e. The number of amides is 1. The van der Waals surface area contributed by atoms with Crippen LogP contribution < -0.4 is 5.32 Å². The van der Waals surface area contributed by atoms with Gasteiger partial charge >= 0.3 is 0 Å². The molecule has 1 heterocycles. The molecule has 1 aromatic heterocycles. The Balaban J connectivity index is 1.96. The van der Waals surface area contributed by atoms with Crippen molar-refractivity contribution in [3.63, 3.8) is 0 Å². The zero-order chi connectivity index (χ0) is 21.0. The lowest BCUT2D eigenvalue weighted by Gasteiger charge is -2.26. The molecule has 1 atom stereocenters. The third-order valence-electron chi connectivity index (χ3n) is 4.95. The molecule has 0 aliphatic heterocycles. The number of aryl methyl sites for hydroxylation is 1. The van der Waals surface area contributed by atoms with Gasteiger partial charge in [0.05, 0.1) is 5.25 Å². The first-order valence-electron chi connectivity index (χ1n) is 9.87. The van der Waals surface area contributed by atoms with Crippen LogP contribution in [-0.4, -0.2) is 31.5 Å². The van der Waals surface area contributed by atoms with E-state index < -0.39 is 0 Å². The Labute approximate surface area is 176 Å². The van der Waals surface area contributed by atoms with Crippen molar-refractivity contribution in [2.45, 2.75) is 57.0 Å². The summed E-state index contributed by atoms with van der Waals surface area (Å²) in [6.07, 6.45) is 0.869. The predicted octanol–water partition coefficient (Wildman–Crippen LogP) is 5.03. The van der Waals surface area contributed by atoms with E-state index in [0.29, 0.717) is 5.16 Å². The van der Waals surface area contributed by atoms with Gasteiger partial charge < -0.3 is 5.32 Å². The Morgan fingerprint density at radius 2 is 1.76 bits per heavy atom. The standard InChI is InChI=1S/C23H28N4OS/c1-6-23(4,5)24-21(28)17(3)29-22-26-25-20(18-10-8-7-9-11-18)27(22)19-14-12-16(2)13-15-19/h7-15,17H,6H2,1-5H3,(H,24,28). The number of rotatable bonds is 7. The lowest BCUT2D eigenvalue weighted by Crippen LogP contribution is -2.46. The summed E-state index contributed by atoms with van der Waals surface area (Å²) in [5.74, 6) is 0.764. The summed E-state index contributed by atoms with van der Waals surface area (Å²) >= 11 is 1.42. The SMILES string of the molecule is CCC(C)(C)NC(=O)C(C)Sc1nnc(-c2ccccc2)n1-c1ccc(C)cc1. The molecule has 6 heteroatoms. The van der Waals surface area contributed by atoms with Gasteiger partial charge in [-0.2, -0.15) is 0 Å². The Morgan fingerprint density at radius 1 is 1.10 bits per heavy atom. The Bertz CT molecular complexity index is 964. The molecule has 0 fully saturated rings. The van der Waals surface area contributed by atoms with Gasteiger partial charge in [0, 0.05) is 16.8 Å². The first-order chi connectivity index (χ1) is 13.8. The van der Waals surface area contributed by atoms with Crippen LogP contribution in [0.2, 0.25) is 0 Å². The van der Waals surface area contributed by atoms with E-state index in [0.717, 1.165) is 23.5 Å². The van der Waals surface area contributed by atoms with Crippen LogP contribution in [0.15, 0.2) is 59.8 Å². The van der Waals surface area contributed by atoms with Crippen molar-refractivity contribution >= 4 is 17.7 Å². The molecule has 152 valence electrons. The van der Waals surface area contributed by atoms with Crippen LogP contribution in [0.3, 0.4) is 0 Å². The van der Waals surface area contributed by atoms with Crippen LogP contribution in [0, 0.1) is 6.92 Å². The molecule has 0 aliphatic rings. The number of carbonyl (C=O) groups is 1. The number of benzene rings is 2. The van der Waals surface area contributed by atoms with Gasteiger partial charge in [0.1, 0.15) is 0 Å². The van der Waals surface area contributed by atoms with E-state index in [1.807, 2.05) is 55.7 Å². The van der Waals surface area contributed by atoms with E-state index in [9.17, 15) is 4.79 Å². The molecular weight excluding hydrogens is 380 g/mol. The zero-order valence-corrected chi connectivity index (χ0v) is 18.5. The van der Waals surface area contributed by atoms with Gasteiger partial charge in [-0.05, 0) is 46.2 Å². The van der Waals surface area contributed by atoms with Crippen molar-refractivity contribution in [2.24, 2.45) is 0 Å². The average molecular weight is 409 g/mol. The fourth-order valence-electron chi connectivity index (χ4n) is 2.78. The molecular formula is C23H28N4OS. The molecule has 0 aliphatic carbocycles. The second kappa shape index (κ2) is 8.82. The van der Waals surface area contributed by atoms with Gasteiger partial charge in [-0.1, -0.05) is 66.7 Å². The monoisotopic (exact) mass is 408 g/mol. The molecule has 2 aromatic carbocycles. The van der Waals surface area contributed by atoms with Crippen molar-refractivity contribution in [3.05, 3.63) is 60.2 Å². The maximum Gasteiger partial charge on any atom is 0.233 e. The van der Waals surface area contributed by atoms with E-state index in [1.165, 1.54) is 17.3 Å². The normalized spacial score (nSPS) is 12.6. The van der Waals surface area contributed by atoms with Gasteiger partial charge in [-0.3, -0.25) is 9.36 Å². The quantitative estimate of drug-likeness (QED) is 0.557. The minimum absolute atomic E-state index is 0.00145. The first-order valence-corrected chi connectivity index (χ1v) is 10.8. The number of nitrogens with zero attached hydrogens (tertiary/aromatic N) is 3. The van der Waals surface area contributed by atoms with E-state index >= 15 is 0 Å². The highest BCUT2D eigenvalue weighted by atomic mass is 32.2. The van der Waals surface area contributed by atoms with Gasteiger partial charge in [0.15, 0.2) is 11.0 Å². The molecule has 5 nitrogen and oxygen atoms in total. The van der Waals surface area contributed by atoms with Gasteiger partial charge in [0.25, 0.3) is 0 Å². The molecule has 3 aromatic rings. The fourth-order valence-corrected chi connectivity index (χ4v) is 3.65. The zero-order valence-electron chi connectivity index (χ0n) is 17.6. The summed E-state index contributed by atoms with van der Waals surface area (Å²) < 4.78 is 2.02. The summed E-state index contributed by atoms with van der Waals surface area (Å²) in [6, 6.07) is 18.2.